The van der Waals surface area contributed by atoms with Gasteiger partial charge in [0, 0.05) is 22.7 Å². The summed E-state index contributed by atoms with van der Waals surface area (Å²) in [5.41, 5.74) is 5.36. The summed E-state index contributed by atoms with van der Waals surface area (Å²) in [5, 5.41) is 0. The minimum Gasteiger partial charge on any atom is -0.0764 e. The van der Waals surface area contributed by atoms with Gasteiger partial charge in [-0.3, -0.25) is 0 Å². The van der Waals surface area contributed by atoms with E-state index in [2.05, 4.69) is 95.2 Å². The Balaban J connectivity index is 2.22. The van der Waals surface area contributed by atoms with E-state index in [1.54, 1.807) is 11.1 Å². The van der Waals surface area contributed by atoms with Gasteiger partial charge in [-0.05, 0) is 21.7 Å². The summed E-state index contributed by atoms with van der Waals surface area (Å²) < 4.78 is 0. The predicted octanol–water partition coefficient (Wildman–Crippen LogP) is 7.27. The van der Waals surface area contributed by atoms with Crippen molar-refractivity contribution in [2.45, 2.75) is 83.1 Å². The van der Waals surface area contributed by atoms with Crippen molar-refractivity contribution in [1.29, 1.82) is 0 Å². The van der Waals surface area contributed by atoms with Gasteiger partial charge in [0.1, 0.15) is 0 Å². The number of fused-ring (bicyclic) bond motifs is 4. The normalized spacial score (nSPS) is 38.8. The molecule has 0 aliphatic heterocycles. The van der Waals surface area contributed by atoms with Gasteiger partial charge in [0.15, 0.2) is 0 Å². The second-order valence-electron chi connectivity index (χ2n) is 12.9. The zero-order valence-electron chi connectivity index (χ0n) is 18.3. The summed E-state index contributed by atoms with van der Waals surface area (Å²) in [6.45, 7) is 29.3. The minimum absolute atomic E-state index is 0.286. The molecule has 0 aromatic heterocycles. The van der Waals surface area contributed by atoms with Gasteiger partial charge in [-0.1, -0.05) is 106 Å². The van der Waals surface area contributed by atoms with E-state index in [-0.39, 0.29) is 10.8 Å². The molecule has 24 heavy (non-hydrogen) atoms. The lowest BCUT2D eigenvalue weighted by molar-refractivity contribution is -0.261. The van der Waals surface area contributed by atoms with Crippen molar-refractivity contribution in [3.05, 3.63) is 23.3 Å². The van der Waals surface area contributed by atoms with Gasteiger partial charge in [-0.15, -0.1) is 0 Å². The molecule has 0 aromatic rings. The average Bonchev–Trinajstić information content (AvgIpc) is 2.20. The van der Waals surface area contributed by atoms with Crippen LogP contribution in [0.15, 0.2) is 23.3 Å². The third kappa shape index (κ3) is 1.76. The van der Waals surface area contributed by atoms with Crippen LogP contribution >= 0.6 is 0 Å². The van der Waals surface area contributed by atoms with E-state index < -0.39 is 0 Å². The molecule has 3 rings (SSSR count). The number of allylic oxidation sites excluding steroid dienone is 4. The van der Waals surface area contributed by atoms with Crippen LogP contribution in [-0.4, -0.2) is 0 Å². The van der Waals surface area contributed by atoms with E-state index >= 15 is 0 Å². The van der Waals surface area contributed by atoms with E-state index in [1.807, 2.05) is 0 Å². The van der Waals surface area contributed by atoms with Crippen molar-refractivity contribution in [2.75, 3.05) is 0 Å². The number of hydrogen-bond donors (Lipinski definition) is 0. The van der Waals surface area contributed by atoms with Gasteiger partial charge in [0.25, 0.3) is 0 Å². The largest absolute Gasteiger partial charge is 0.0764 e. The van der Waals surface area contributed by atoms with Crippen LogP contribution in [0.5, 0.6) is 0 Å². The van der Waals surface area contributed by atoms with Crippen LogP contribution in [0.25, 0.3) is 0 Å². The molecule has 0 heteroatoms. The van der Waals surface area contributed by atoms with Gasteiger partial charge >= 0.3 is 0 Å². The first-order chi connectivity index (χ1) is 10.4. The van der Waals surface area contributed by atoms with Gasteiger partial charge in [0.2, 0.25) is 0 Å². The SMILES string of the molecule is CC(C)(C)C1=CC2(C(C)(C)C)C1C1(C(C)(C)C)C=C(C(C)(C)C)C21. The summed E-state index contributed by atoms with van der Waals surface area (Å²) in [4.78, 5) is 0. The Morgan fingerprint density at radius 3 is 0.958 bits per heavy atom. The molecule has 1 fully saturated rings. The minimum atomic E-state index is 0.286. The molecule has 0 amide bonds. The Morgan fingerprint density at radius 2 is 0.792 bits per heavy atom. The third-order valence-corrected chi connectivity index (χ3v) is 7.65. The van der Waals surface area contributed by atoms with E-state index in [0.29, 0.717) is 21.7 Å². The van der Waals surface area contributed by atoms with Gasteiger partial charge in [0.05, 0.1) is 0 Å². The zero-order valence-corrected chi connectivity index (χ0v) is 18.3. The first-order valence-corrected chi connectivity index (χ1v) is 9.89. The molecule has 0 bridgehead atoms. The standard InChI is InChI=1S/C24H40/c1-19(2,3)15-13-23(21(7,8)9)17(15)24(22(10,11)12)14-16(18(23)24)20(4,5)6/h13-14,17-18H,1-12H3. The summed E-state index contributed by atoms with van der Waals surface area (Å²) in [7, 11) is 0. The summed E-state index contributed by atoms with van der Waals surface area (Å²) in [5.74, 6) is 1.45. The Hall–Kier alpha value is -0.520. The van der Waals surface area contributed by atoms with Crippen molar-refractivity contribution >= 4 is 0 Å². The van der Waals surface area contributed by atoms with Crippen molar-refractivity contribution < 1.29 is 0 Å². The first-order valence-electron chi connectivity index (χ1n) is 9.89. The van der Waals surface area contributed by atoms with Crippen LogP contribution < -0.4 is 0 Å². The summed E-state index contributed by atoms with van der Waals surface area (Å²) in [6.07, 6.45) is 5.43. The molecule has 0 atom stereocenters. The first kappa shape index (κ1) is 18.3. The molecule has 3 aliphatic rings. The molecule has 0 nitrogen and oxygen atoms in total. The molecule has 0 unspecified atom stereocenters. The van der Waals surface area contributed by atoms with E-state index in [4.69, 9.17) is 0 Å². The lowest BCUT2D eigenvalue weighted by atomic mass is 9.17. The molecule has 136 valence electrons. The fourth-order valence-corrected chi connectivity index (χ4v) is 6.34. The maximum atomic E-state index is 2.71. The van der Waals surface area contributed by atoms with Crippen LogP contribution in [0.4, 0.5) is 0 Å². The van der Waals surface area contributed by atoms with Gasteiger partial charge < -0.3 is 0 Å². The Kier molecular flexibility index (Phi) is 3.23. The maximum Gasteiger partial charge on any atom is 0.00818 e. The molecule has 0 saturated heterocycles. The van der Waals surface area contributed by atoms with Crippen molar-refractivity contribution in [3.63, 3.8) is 0 Å². The van der Waals surface area contributed by atoms with Crippen molar-refractivity contribution in [3.8, 4) is 0 Å². The molecule has 0 aromatic carbocycles. The van der Waals surface area contributed by atoms with E-state index in [9.17, 15) is 0 Å². The maximum absolute atomic E-state index is 2.71. The van der Waals surface area contributed by atoms with Crippen LogP contribution in [0.3, 0.4) is 0 Å². The summed E-state index contributed by atoms with van der Waals surface area (Å²) >= 11 is 0. The van der Waals surface area contributed by atoms with Gasteiger partial charge in [-0.25, -0.2) is 0 Å². The van der Waals surface area contributed by atoms with Crippen LogP contribution in [0, 0.1) is 44.3 Å². The number of hydrogen-bond acceptors (Lipinski definition) is 0. The molecule has 0 heterocycles. The molecular weight excluding hydrogens is 288 g/mol. The lowest BCUT2D eigenvalue weighted by Gasteiger charge is -2.85. The quantitative estimate of drug-likeness (QED) is 0.410. The molecule has 3 aliphatic carbocycles. The van der Waals surface area contributed by atoms with E-state index in [1.165, 1.54) is 0 Å². The topological polar surface area (TPSA) is 0 Å². The summed E-state index contributed by atoms with van der Waals surface area (Å²) in [6, 6.07) is 0. The molecule has 1 saturated carbocycles. The third-order valence-electron chi connectivity index (χ3n) is 7.65. The fourth-order valence-electron chi connectivity index (χ4n) is 6.34. The highest BCUT2D eigenvalue weighted by Crippen LogP contribution is 2.89. The van der Waals surface area contributed by atoms with Crippen LogP contribution in [0.1, 0.15) is 83.1 Å². The van der Waals surface area contributed by atoms with Gasteiger partial charge in [-0.2, -0.15) is 0 Å². The Bertz CT molecular complexity index is 559. The van der Waals surface area contributed by atoms with E-state index in [0.717, 1.165) is 11.8 Å². The second kappa shape index (κ2) is 4.24. The molecule has 0 N–H and O–H groups in total. The highest BCUT2D eigenvalue weighted by Gasteiger charge is 2.84. The van der Waals surface area contributed by atoms with Crippen LogP contribution in [0.2, 0.25) is 0 Å². The Labute approximate surface area is 151 Å². The smallest absolute Gasteiger partial charge is 0.00818 e. The fraction of sp³-hybridized carbons (Fsp3) is 0.833. The number of rotatable bonds is 0. The zero-order chi connectivity index (χ0) is 18.7. The molecular formula is C24H40. The van der Waals surface area contributed by atoms with Crippen molar-refractivity contribution in [2.24, 2.45) is 44.3 Å². The monoisotopic (exact) mass is 328 g/mol. The van der Waals surface area contributed by atoms with Crippen LogP contribution in [-0.2, 0) is 0 Å². The second-order valence-corrected chi connectivity index (χ2v) is 12.9. The van der Waals surface area contributed by atoms with Crippen molar-refractivity contribution in [1.82, 2.24) is 0 Å². The predicted molar refractivity (Wildman–Crippen MR) is 106 cm³/mol. The lowest BCUT2D eigenvalue weighted by Crippen LogP contribution is -2.80. The average molecular weight is 329 g/mol. The molecule has 0 spiro atoms. The highest BCUT2D eigenvalue weighted by molar-refractivity contribution is 5.59. The molecule has 0 radical (unpaired) electrons. The Morgan fingerprint density at radius 1 is 0.542 bits per heavy atom. The highest BCUT2D eigenvalue weighted by atomic mass is 14.9.